The van der Waals surface area contributed by atoms with Gasteiger partial charge in [0.2, 0.25) is 11.1 Å². The fourth-order valence-electron chi connectivity index (χ4n) is 4.77. The number of benzene rings is 1. The van der Waals surface area contributed by atoms with Crippen molar-refractivity contribution in [2.75, 3.05) is 5.75 Å². The third-order valence-corrected chi connectivity index (χ3v) is 7.49. The Morgan fingerprint density at radius 2 is 2.21 bits per heavy atom. The summed E-state index contributed by atoms with van der Waals surface area (Å²) in [6, 6.07) is 7.34. The van der Waals surface area contributed by atoms with Crippen molar-refractivity contribution in [1.82, 2.24) is 15.2 Å². The minimum absolute atomic E-state index is 0.0759. The molecule has 2 bridgehead atoms. The van der Waals surface area contributed by atoms with Crippen molar-refractivity contribution in [3.63, 3.8) is 0 Å². The lowest BCUT2D eigenvalue weighted by atomic mass is 9.67. The van der Waals surface area contributed by atoms with E-state index in [4.69, 9.17) is 4.28 Å². The van der Waals surface area contributed by atoms with E-state index in [0.29, 0.717) is 23.4 Å². The highest BCUT2D eigenvalue weighted by atomic mass is 32.2. The van der Waals surface area contributed by atoms with Crippen molar-refractivity contribution in [2.45, 2.75) is 39.5 Å². The molecule has 4 unspecified atom stereocenters. The highest BCUT2D eigenvalue weighted by Crippen LogP contribution is 2.65. The van der Waals surface area contributed by atoms with Crippen LogP contribution in [0.1, 0.15) is 39.5 Å². The minimum Gasteiger partial charge on any atom is -0.299 e. The van der Waals surface area contributed by atoms with Crippen molar-refractivity contribution in [3.05, 3.63) is 24.3 Å². The Morgan fingerprint density at radius 1 is 1.42 bits per heavy atom. The molecule has 1 aromatic heterocycles. The van der Waals surface area contributed by atoms with Crippen LogP contribution in [0.15, 0.2) is 24.3 Å². The number of ketones is 1. The summed E-state index contributed by atoms with van der Waals surface area (Å²) < 4.78 is 18.2. The normalized spacial score (nSPS) is 33.2. The van der Waals surface area contributed by atoms with Gasteiger partial charge < -0.3 is 0 Å². The minimum atomic E-state index is -1.64. The van der Waals surface area contributed by atoms with E-state index >= 15 is 0 Å². The average Bonchev–Trinajstić information content (AvgIpc) is 3.16. The van der Waals surface area contributed by atoms with Crippen molar-refractivity contribution >= 4 is 27.9 Å². The smallest absolute Gasteiger partial charge is 0.233 e. The number of hydrogen-bond donors (Lipinski definition) is 0. The molecule has 2 fully saturated rings. The Balaban J connectivity index is 1.59. The summed E-state index contributed by atoms with van der Waals surface area (Å²) >= 11 is -1.64. The Hall–Kier alpha value is -1.76. The van der Waals surface area contributed by atoms with Crippen LogP contribution in [0.5, 0.6) is 0 Å². The van der Waals surface area contributed by atoms with Crippen molar-refractivity contribution in [1.29, 1.82) is 0 Å². The second-order valence-electron chi connectivity index (χ2n) is 7.19. The van der Waals surface area contributed by atoms with Gasteiger partial charge in [0.15, 0.2) is 0 Å². The Labute approximate surface area is 143 Å². The molecule has 0 radical (unpaired) electrons. The molecule has 128 valence electrons. The quantitative estimate of drug-likeness (QED) is 0.830. The van der Waals surface area contributed by atoms with Gasteiger partial charge in [0, 0.05) is 11.8 Å². The Morgan fingerprint density at radius 3 is 2.96 bits per heavy atom. The molecule has 1 heterocycles. The fourth-order valence-corrected chi connectivity index (χ4v) is 6.13. The van der Waals surface area contributed by atoms with E-state index in [1.54, 1.807) is 0 Å². The second-order valence-corrected chi connectivity index (χ2v) is 8.23. The van der Waals surface area contributed by atoms with Gasteiger partial charge in [0.05, 0.1) is 5.75 Å². The molecule has 1 aromatic carbocycles. The molecular weight excluding hydrogens is 326 g/mol. The summed E-state index contributed by atoms with van der Waals surface area (Å²) in [5, 5.41) is 7.91. The maximum absolute atomic E-state index is 12.7. The molecule has 2 aliphatic carbocycles. The van der Waals surface area contributed by atoms with Gasteiger partial charge >= 0.3 is 0 Å². The number of nitrogens with zero attached hydrogens (tertiary/aromatic N) is 3. The first-order valence-corrected chi connectivity index (χ1v) is 9.65. The van der Waals surface area contributed by atoms with E-state index in [1.807, 2.05) is 24.3 Å². The lowest BCUT2D eigenvalue weighted by Gasteiger charge is -2.38. The summed E-state index contributed by atoms with van der Waals surface area (Å²) in [7, 11) is 0. The first kappa shape index (κ1) is 15.7. The molecule has 2 aliphatic rings. The Bertz CT molecular complexity index is 835. The zero-order chi connectivity index (χ0) is 16.9. The highest BCUT2D eigenvalue weighted by molar-refractivity contribution is 7.80. The predicted molar refractivity (Wildman–Crippen MR) is 90.3 cm³/mol. The molecule has 0 spiro atoms. The van der Waals surface area contributed by atoms with Gasteiger partial charge in [0.1, 0.15) is 16.8 Å². The van der Waals surface area contributed by atoms with Crippen LogP contribution in [0.4, 0.5) is 0 Å². The van der Waals surface area contributed by atoms with Gasteiger partial charge in [-0.2, -0.15) is 0 Å². The average molecular weight is 347 g/mol. The van der Waals surface area contributed by atoms with Crippen LogP contribution in [0.3, 0.4) is 0 Å². The molecule has 4 atom stereocenters. The Kier molecular flexibility index (Phi) is 3.53. The lowest BCUT2D eigenvalue weighted by Crippen LogP contribution is -2.43. The zero-order valence-electron chi connectivity index (χ0n) is 13.9. The summed E-state index contributed by atoms with van der Waals surface area (Å²) in [4.78, 5) is 13.9. The molecule has 7 heteroatoms. The molecule has 0 amide bonds. The van der Waals surface area contributed by atoms with Gasteiger partial charge in [-0.05, 0) is 47.9 Å². The standard InChI is InChI=1S/C17H21N3O3S/c1-3-16(2)12-8-9-17(16,15(21)10-12)11-24(22)23-20-14-7-5-4-6-13(14)18-19-20/h4-7,12H,3,8-11H2,1-2H3. The third kappa shape index (κ3) is 2.00. The summed E-state index contributed by atoms with van der Waals surface area (Å²) in [5.74, 6) is 0.906. The maximum Gasteiger partial charge on any atom is 0.233 e. The van der Waals surface area contributed by atoms with Crippen molar-refractivity contribution in [3.8, 4) is 0 Å². The van der Waals surface area contributed by atoms with Gasteiger partial charge in [0.25, 0.3) is 0 Å². The SMILES string of the molecule is CCC1(C)C2CCC1(CS(=O)On1nnc3ccccc31)C(=O)C2. The molecule has 0 saturated heterocycles. The summed E-state index contributed by atoms with van der Waals surface area (Å²) in [6.45, 7) is 4.30. The van der Waals surface area contributed by atoms with Crippen molar-refractivity contribution < 1.29 is 13.3 Å². The van der Waals surface area contributed by atoms with Crippen LogP contribution in [-0.2, 0) is 15.9 Å². The molecule has 6 nitrogen and oxygen atoms in total. The summed E-state index contributed by atoms with van der Waals surface area (Å²) in [5.41, 5.74) is 0.758. The number of fused-ring (bicyclic) bond motifs is 3. The number of para-hydroxylation sites is 1. The third-order valence-electron chi connectivity index (χ3n) is 6.45. The predicted octanol–water partition coefficient (Wildman–Crippen LogP) is 2.31. The number of rotatable bonds is 5. The molecule has 24 heavy (non-hydrogen) atoms. The van der Waals surface area contributed by atoms with Gasteiger partial charge in [-0.25, -0.2) is 4.21 Å². The van der Waals surface area contributed by atoms with Crippen molar-refractivity contribution in [2.24, 2.45) is 16.7 Å². The van der Waals surface area contributed by atoms with Crippen LogP contribution in [0, 0.1) is 16.7 Å². The topological polar surface area (TPSA) is 74.1 Å². The lowest BCUT2D eigenvalue weighted by molar-refractivity contribution is -0.128. The van der Waals surface area contributed by atoms with Crippen LogP contribution < -0.4 is 4.28 Å². The molecule has 2 aromatic rings. The number of hydrogen-bond acceptors (Lipinski definition) is 5. The molecule has 4 rings (SSSR count). The van der Waals surface area contributed by atoms with Crippen LogP contribution in [-0.4, -0.2) is 30.9 Å². The van der Waals surface area contributed by atoms with E-state index in [1.165, 1.54) is 4.85 Å². The number of carbonyl (C=O) groups excluding carboxylic acids is 1. The highest BCUT2D eigenvalue weighted by Gasteiger charge is 2.66. The first-order chi connectivity index (χ1) is 11.5. The van der Waals surface area contributed by atoms with Gasteiger partial charge in [-0.3, -0.25) is 9.08 Å². The van der Waals surface area contributed by atoms with Gasteiger partial charge in [-0.15, -0.1) is 5.10 Å². The molecule has 0 N–H and O–H groups in total. The van der Waals surface area contributed by atoms with E-state index in [0.717, 1.165) is 19.3 Å². The maximum atomic E-state index is 12.7. The van der Waals surface area contributed by atoms with E-state index in [9.17, 15) is 9.00 Å². The zero-order valence-corrected chi connectivity index (χ0v) is 14.7. The molecule has 2 saturated carbocycles. The van der Waals surface area contributed by atoms with Gasteiger partial charge in [-0.1, -0.05) is 30.8 Å². The van der Waals surface area contributed by atoms with E-state index in [-0.39, 0.29) is 17.0 Å². The number of Topliss-reactive ketones (excluding diaryl/α,β-unsaturated/α-hetero) is 1. The first-order valence-electron chi connectivity index (χ1n) is 8.41. The fraction of sp³-hybridized carbons (Fsp3) is 0.588. The monoisotopic (exact) mass is 347 g/mol. The number of aromatic nitrogens is 3. The largest absolute Gasteiger partial charge is 0.299 e. The van der Waals surface area contributed by atoms with E-state index < -0.39 is 16.5 Å². The van der Waals surface area contributed by atoms with Crippen LogP contribution >= 0.6 is 0 Å². The molecule has 0 aliphatic heterocycles. The van der Waals surface area contributed by atoms with Crippen LogP contribution in [0.25, 0.3) is 11.0 Å². The van der Waals surface area contributed by atoms with Crippen LogP contribution in [0.2, 0.25) is 0 Å². The number of carbonyl (C=O) groups is 1. The summed E-state index contributed by atoms with van der Waals surface area (Å²) in [6.07, 6.45) is 3.40. The second kappa shape index (κ2) is 5.37. The molecular formula is C17H21N3O3S. The van der Waals surface area contributed by atoms with E-state index in [2.05, 4.69) is 24.2 Å².